The Balaban J connectivity index is 1.85. The fraction of sp³-hybridized carbons (Fsp3) is 0.150. The van der Waals surface area contributed by atoms with Crippen LogP contribution in [0.2, 0.25) is 0 Å². The molecule has 0 saturated carbocycles. The largest absolute Gasteiger partial charge is 0.490 e. The van der Waals surface area contributed by atoms with Crippen LogP contribution < -0.4 is 20.6 Å². The summed E-state index contributed by atoms with van der Waals surface area (Å²) in [6.45, 7) is 4.10. The number of carbonyl (C=O) groups is 1. The number of halogens is 1. The summed E-state index contributed by atoms with van der Waals surface area (Å²) in [6, 6.07) is 13.4. The maximum Gasteiger partial charge on any atom is 0.276 e. The van der Waals surface area contributed by atoms with Crippen LogP contribution >= 0.6 is 27.7 Å². The Morgan fingerprint density at radius 3 is 2.82 bits per heavy atom. The predicted molar refractivity (Wildman–Crippen MR) is 114 cm³/mol. The van der Waals surface area contributed by atoms with E-state index in [2.05, 4.69) is 32.9 Å². The molecule has 0 saturated heterocycles. The number of thioether (sulfide) groups is 1. The molecule has 2 aromatic carbocycles. The molecule has 1 amide bonds. The van der Waals surface area contributed by atoms with Crippen LogP contribution in [0.15, 0.2) is 69.7 Å². The number of ether oxygens (including phenoxy) is 1. The van der Waals surface area contributed by atoms with E-state index in [1.807, 2.05) is 48.7 Å². The number of fused-ring (bicyclic) bond motifs is 2. The second-order valence-electron chi connectivity index (χ2n) is 6.09. The number of hydrogen-bond acceptors (Lipinski definition) is 6. The van der Waals surface area contributed by atoms with Crippen molar-refractivity contribution < 1.29 is 9.53 Å². The molecule has 1 atom stereocenters. The van der Waals surface area contributed by atoms with Crippen LogP contribution in [0, 0.1) is 0 Å². The lowest BCUT2D eigenvalue weighted by Gasteiger charge is -2.34. The van der Waals surface area contributed by atoms with Crippen LogP contribution in [0.1, 0.15) is 11.7 Å². The Morgan fingerprint density at radius 1 is 1.32 bits per heavy atom. The van der Waals surface area contributed by atoms with E-state index in [-0.39, 0.29) is 5.91 Å². The Morgan fingerprint density at radius 2 is 2.11 bits per heavy atom. The zero-order chi connectivity index (χ0) is 19.7. The Hall–Kier alpha value is -2.58. The number of amides is 1. The molecule has 0 unspecified atom stereocenters. The smallest absolute Gasteiger partial charge is 0.276 e. The molecule has 0 aromatic heterocycles. The molecule has 6 nitrogen and oxygen atoms in total. The van der Waals surface area contributed by atoms with Gasteiger partial charge < -0.3 is 4.74 Å². The standard InChI is InChI=1S/C20H17BrN4O2S/c1-3-10-27-14-7-4-12(5-8-14)18-22-16-9-6-13(21)11-15(16)17-19(26)23-20(28-2)24-25(17)18/h3-9,11,18H,1,10H2,2H3,(H,23,24,26)/t18-/m0/s1. The third-order valence-corrected chi connectivity index (χ3v) is 5.37. The number of benzene rings is 2. The van der Waals surface area contributed by atoms with Gasteiger partial charge in [-0.05, 0) is 42.2 Å². The van der Waals surface area contributed by atoms with E-state index < -0.39 is 6.17 Å². The van der Waals surface area contributed by atoms with Crippen molar-refractivity contribution in [2.75, 3.05) is 12.9 Å². The van der Waals surface area contributed by atoms with Gasteiger partial charge in [-0.2, -0.15) is 0 Å². The number of nitrogens with zero attached hydrogens (tertiary/aromatic N) is 3. The van der Waals surface area contributed by atoms with E-state index in [9.17, 15) is 4.79 Å². The minimum Gasteiger partial charge on any atom is -0.490 e. The summed E-state index contributed by atoms with van der Waals surface area (Å²) >= 11 is 4.86. The van der Waals surface area contributed by atoms with Crippen molar-refractivity contribution in [3.05, 3.63) is 75.7 Å². The topological polar surface area (TPSA) is 66.3 Å². The number of carbonyl (C=O) groups excluding carboxylic acids is 1. The minimum atomic E-state index is -0.440. The lowest BCUT2D eigenvalue weighted by atomic mass is 10.1. The Kier molecular flexibility index (Phi) is 5.23. The molecule has 28 heavy (non-hydrogen) atoms. The molecule has 0 bridgehead atoms. The first kappa shape index (κ1) is 18.8. The van der Waals surface area contributed by atoms with Crippen molar-refractivity contribution in [3.8, 4) is 5.75 Å². The highest BCUT2D eigenvalue weighted by atomic mass is 79.9. The second-order valence-corrected chi connectivity index (χ2v) is 7.80. The SMILES string of the molecule is C=CCOc1ccc([C@H]2N=c3ccc(Br)cc3=C3C(=O)NC(SC)=NN32)cc1. The highest BCUT2D eigenvalue weighted by Crippen LogP contribution is 2.31. The van der Waals surface area contributed by atoms with Crippen molar-refractivity contribution in [1.82, 2.24) is 10.3 Å². The van der Waals surface area contributed by atoms with Gasteiger partial charge in [0.2, 0.25) is 0 Å². The summed E-state index contributed by atoms with van der Waals surface area (Å²) in [4.78, 5) is 17.7. The fourth-order valence-corrected chi connectivity index (χ4v) is 3.78. The van der Waals surface area contributed by atoms with E-state index in [1.54, 1.807) is 11.1 Å². The predicted octanol–water partition coefficient (Wildman–Crippen LogP) is 2.52. The van der Waals surface area contributed by atoms with Gasteiger partial charge in [0.25, 0.3) is 5.91 Å². The van der Waals surface area contributed by atoms with Crippen molar-refractivity contribution in [2.24, 2.45) is 10.1 Å². The monoisotopic (exact) mass is 456 g/mol. The Bertz CT molecular complexity index is 1100. The summed E-state index contributed by atoms with van der Waals surface area (Å²) < 4.78 is 6.44. The summed E-state index contributed by atoms with van der Waals surface area (Å²) in [5.74, 6) is 0.558. The molecule has 8 heteroatoms. The lowest BCUT2D eigenvalue weighted by Crippen LogP contribution is -2.50. The molecule has 2 aromatic rings. The lowest BCUT2D eigenvalue weighted by molar-refractivity contribution is -0.116. The quantitative estimate of drug-likeness (QED) is 0.717. The first-order valence-electron chi connectivity index (χ1n) is 8.55. The van der Waals surface area contributed by atoms with Gasteiger partial charge in [-0.3, -0.25) is 15.1 Å². The van der Waals surface area contributed by atoms with Gasteiger partial charge in [0.05, 0.1) is 5.36 Å². The van der Waals surface area contributed by atoms with Gasteiger partial charge in [-0.15, -0.1) is 5.10 Å². The van der Waals surface area contributed by atoms with Gasteiger partial charge >= 0.3 is 0 Å². The van der Waals surface area contributed by atoms with Crippen molar-refractivity contribution in [3.63, 3.8) is 0 Å². The molecule has 2 aliphatic rings. The summed E-state index contributed by atoms with van der Waals surface area (Å²) in [5.41, 5.74) is 1.40. The first-order chi connectivity index (χ1) is 13.6. The molecular formula is C20H17BrN4O2S. The van der Waals surface area contributed by atoms with E-state index in [4.69, 9.17) is 9.73 Å². The third kappa shape index (κ3) is 3.45. The zero-order valence-corrected chi connectivity index (χ0v) is 17.5. The summed E-state index contributed by atoms with van der Waals surface area (Å²) in [7, 11) is 0. The highest BCUT2D eigenvalue weighted by Gasteiger charge is 2.34. The van der Waals surface area contributed by atoms with E-state index in [1.165, 1.54) is 11.8 Å². The molecule has 0 spiro atoms. The molecule has 2 heterocycles. The second kappa shape index (κ2) is 7.81. The molecule has 0 fully saturated rings. The van der Waals surface area contributed by atoms with Crippen LogP contribution in [0.3, 0.4) is 0 Å². The number of hydrogen-bond donors (Lipinski definition) is 1. The average Bonchev–Trinajstić information content (AvgIpc) is 2.71. The summed E-state index contributed by atoms with van der Waals surface area (Å²) in [5, 5.41) is 11.2. The average molecular weight is 457 g/mol. The molecule has 0 aliphatic carbocycles. The number of hydrazone groups is 1. The molecule has 0 radical (unpaired) electrons. The van der Waals surface area contributed by atoms with Crippen molar-refractivity contribution >= 4 is 44.5 Å². The van der Waals surface area contributed by atoms with E-state index in [0.717, 1.165) is 26.4 Å². The molecule has 1 N–H and O–H groups in total. The van der Waals surface area contributed by atoms with E-state index in [0.29, 0.717) is 17.5 Å². The van der Waals surface area contributed by atoms with Gasteiger partial charge in [0.1, 0.15) is 18.1 Å². The van der Waals surface area contributed by atoms with Gasteiger partial charge in [0, 0.05) is 9.69 Å². The van der Waals surface area contributed by atoms with Gasteiger partial charge in [-0.1, -0.05) is 52.5 Å². The van der Waals surface area contributed by atoms with Crippen LogP contribution in [-0.4, -0.2) is 28.9 Å². The molecular weight excluding hydrogens is 440 g/mol. The fourth-order valence-electron chi connectivity index (χ4n) is 3.05. The first-order valence-corrected chi connectivity index (χ1v) is 10.6. The normalized spacial score (nSPS) is 17.7. The number of amidine groups is 1. The zero-order valence-electron chi connectivity index (χ0n) is 15.1. The molecule has 142 valence electrons. The number of nitrogens with one attached hydrogen (secondary N) is 1. The maximum atomic E-state index is 12.9. The van der Waals surface area contributed by atoms with Crippen molar-refractivity contribution in [1.29, 1.82) is 0 Å². The molecule has 2 aliphatic heterocycles. The van der Waals surface area contributed by atoms with Crippen molar-refractivity contribution in [2.45, 2.75) is 6.17 Å². The van der Waals surface area contributed by atoms with Crippen LogP contribution in [0.5, 0.6) is 5.75 Å². The minimum absolute atomic E-state index is 0.190. The van der Waals surface area contributed by atoms with Crippen LogP contribution in [0.4, 0.5) is 0 Å². The highest BCUT2D eigenvalue weighted by molar-refractivity contribution is 9.10. The number of rotatable bonds is 4. The summed E-state index contributed by atoms with van der Waals surface area (Å²) in [6.07, 6.45) is 3.13. The van der Waals surface area contributed by atoms with E-state index >= 15 is 0 Å². The van der Waals surface area contributed by atoms with Gasteiger partial charge in [-0.25, -0.2) is 5.01 Å². The third-order valence-electron chi connectivity index (χ3n) is 4.31. The maximum absolute atomic E-state index is 12.9. The van der Waals surface area contributed by atoms with Gasteiger partial charge in [0.15, 0.2) is 11.3 Å². The molecule has 4 rings (SSSR count). The van der Waals surface area contributed by atoms with Crippen LogP contribution in [0.25, 0.3) is 5.70 Å². The van der Waals surface area contributed by atoms with Crippen LogP contribution in [-0.2, 0) is 4.79 Å². The Labute approximate surface area is 174 Å².